The summed E-state index contributed by atoms with van der Waals surface area (Å²) in [5, 5.41) is 12.8. The minimum atomic E-state index is -0.524. The summed E-state index contributed by atoms with van der Waals surface area (Å²) in [6.07, 6.45) is 2.10. The first kappa shape index (κ1) is 20.8. The molecule has 0 radical (unpaired) electrons. The summed E-state index contributed by atoms with van der Waals surface area (Å²) < 4.78 is 5.35. The molecular weight excluding hydrogens is 368 g/mol. The topological polar surface area (TPSA) is 85.7 Å². The van der Waals surface area contributed by atoms with Crippen LogP contribution in [-0.4, -0.2) is 61.0 Å². The minimum Gasteiger partial charge on any atom is -0.389 e. The summed E-state index contributed by atoms with van der Waals surface area (Å²) in [7, 11) is 0. The third kappa shape index (κ3) is 4.91. The number of nitriles is 1. The van der Waals surface area contributed by atoms with Crippen LogP contribution in [-0.2, 0) is 20.9 Å². The minimum absolute atomic E-state index is 0.0456. The zero-order chi connectivity index (χ0) is 20.6. The first-order chi connectivity index (χ1) is 14.2. The quantitative estimate of drug-likeness (QED) is 0.429. The van der Waals surface area contributed by atoms with E-state index < -0.39 is 5.91 Å². The number of amides is 2. The van der Waals surface area contributed by atoms with Crippen molar-refractivity contribution < 1.29 is 14.3 Å². The van der Waals surface area contributed by atoms with Crippen molar-refractivity contribution >= 4 is 11.8 Å². The molecule has 1 aromatic rings. The Labute approximate surface area is 171 Å². The average molecular weight is 394 g/mol. The van der Waals surface area contributed by atoms with Crippen LogP contribution in [0.25, 0.3) is 0 Å². The molecule has 3 rings (SSSR count). The molecule has 7 heteroatoms. The van der Waals surface area contributed by atoms with Crippen LogP contribution in [0.2, 0.25) is 0 Å². The lowest BCUT2D eigenvalue weighted by Gasteiger charge is -2.29. The second kappa shape index (κ2) is 10.0. The third-order valence-electron chi connectivity index (χ3n) is 5.13. The highest BCUT2D eigenvalue weighted by Crippen LogP contribution is 2.28. The van der Waals surface area contributed by atoms with Crippen LogP contribution in [0.15, 0.2) is 53.3 Å². The number of ether oxygens (including phenoxy) is 1. The number of imide groups is 1. The molecule has 1 aromatic carbocycles. The van der Waals surface area contributed by atoms with Crippen molar-refractivity contribution in [2.75, 3.05) is 39.4 Å². The van der Waals surface area contributed by atoms with Gasteiger partial charge in [-0.3, -0.25) is 19.4 Å². The van der Waals surface area contributed by atoms with E-state index in [1.165, 1.54) is 0 Å². The number of nitrogens with one attached hydrogen (secondary N) is 1. The van der Waals surface area contributed by atoms with Gasteiger partial charge in [0.25, 0.3) is 11.8 Å². The van der Waals surface area contributed by atoms with Gasteiger partial charge in [-0.25, -0.2) is 0 Å². The number of benzene rings is 1. The Balaban J connectivity index is 1.77. The highest BCUT2D eigenvalue weighted by Gasteiger charge is 2.36. The smallest absolute Gasteiger partial charge is 0.272 e. The lowest BCUT2D eigenvalue weighted by atomic mass is 9.92. The van der Waals surface area contributed by atoms with Crippen molar-refractivity contribution in [3.63, 3.8) is 0 Å². The van der Waals surface area contributed by atoms with Crippen molar-refractivity contribution in [3.05, 3.63) is 58.8 Å². The SMILES string of the molecule is CCC1=C(C#N)C(=O)N(Cc2ccccc2)C(=O)/C1=C\NCCN1CCOCC1. The van der Waals surface area contributed by atoms with Crippen LogP contribution < -0.4 is 5.32 Å². The lowest BCUT2D eigenvalue weighted by Crippen LogP contribution is -2.43. The summed E-state index contributed by atoms with van der Waals surface area (Å²) in [4.78, 5) is 29.3. The van der Waals surface area contributed by atoms with Crippen molar-refractivity contribution in [1.29, 1.82) is 5.26 Å². The predicted octanol–water partition coefficient (Wildman–Crippen LogP) is 1.59. The number of morpholine rings is 1. The van der Waals surface area contributed by atoms with Crippen LogP contribution in [0, 0.1) is 11.3 Å². The van der Waals surface area contributed by atoms with Gasteiger partial charge in [0.2, 0.25) is 0 Å². The van der Waals surface area contributed by atoms with E-state index in [9.17, 15) is 14.9 Å². The standard InChI is InChI=1S/C22H26N4O3/c1-2-18-19(14-23)21(27)26(16-17-6-4-3-5-7-17)22(28)20(18)15-24-8-9-25-10-12-29-13-11-25/h3-7,15,24H,2,8-13,16H2,1H3/b20-15-. The van der Waals surface area contributed by atoms with E-state index in [4.69, 9.17) is 4.74 Å². The Hall–Kier alpha value is -2.95. The summed E-state index contributed by atoms with van der Waals surface area (Å²) in [6.45, 7) is 6.78. The van der Waals surface area contributed by atoms with Gasteiger partial charge >= 0.3 is 0 Å². The number of nitrogens with zero attached hydrogens (tertiary/aromatic N) is 3. The highest BCUT2D eigenvalue weighted by molar-refractivity contribution is 6.18. The number of hydrogen-bond acceptors (Lipinski definition) is 6. The van der Waals surface area contributed by atoms with Crippen LogP contribution in [0.5, 0.6) is 0 Å². The third-order valence-corrected chi connectivity index (χ3v) is 5.13. The fraction of sp³-hybridized carbons (Fsp3) is 0.409. The number of hydrogen-bond donors (Lipinski definition) is 1. The van der Waals surface area contributed by atoms with Crippen molar-refractivity contribution in [3.8, 4) is 6.07 Å². The molecule has 1 saturated heterocycles. The van der Waals surface area contributed by atoms with Gasteiger partial charge in [-0.05, 0) is 17.6 Å². The molecule has 0 unspecified atom stereocenters. The van der Waals surface area contributed by atoms with E-state index in [0.717, 1.165) is 43.3 Å². The van der Waals surface area contributed by atoms with Gasteiger partial charge in [-0.2, -0.15) is 5.26 Å². The summed E-state index contributed by atoms with van der Waals surface area (Å²) in [5.74, 6) is -0.891. The molecule has 2 amide bonds. The Morgan fingerprint density at radius 2 is 1.90 bits per heavy atom. The Bertz CT molecular complexity index is 849. The zero-order valence-corrected chi connectivity index (χ0v) is 16.7. The summed E-state index contributed by atoms with van der Waals surface area (Å²) >= 11 is 0. The van der Waals surface area contributed by atoms with Crippen LogP contribution in [0.3, 0.4) is 0 Å². The van der Waals surface area contributed by atoms with Gasteiger partial charge in [-0.1, -0.05) is 37.3 Å². The Morgan fingerprint density at radius 1 is 1.17 bits per heavy atom. The second-order valence-electron chi connectivity index (χ2n) is 6.97. The molecule has 29 heavy (non-hydrogen) atoms. The fourth-order valence-electron chi connectivity index (χ4n) is 3.53. The van der Waals surface area contributed by atoms with Crippen LogP contribution in [0.4, 0.5) is 0 Å². The maximum atomic E-state index is 13.1. The molecule has 2 aliphatic heterocycles. The van der Waals surface area contributed by atoms with Gasteiger partial charge in [0.05, 0.1) is 25.3 Å². The molecule has 1 fully saturated rings. The van der Waals surface area contributed by atoms with Crippen molar-refractivity contribution in [2.24, 2.45) is 0 Å². The van der Waals surface area contributed by atoms with E-state index in [1.807, 2.05) is 43.3 Å². The molecule has 0 aliphatic carbocycles. The normalized spacial score (nSPS) is 19.6. The monoisotopic (exact) mass is 394 g/mol. The van der Waals surface area contributed by atoms with Gasteiger partial charge in [0, 0.05) is 32.4 Å². The van der Waals surface area contributed by atoms with Crippen LogP contribution >= 0.6 is 0 Å². The second-order valence-corrected chi connectivity index (χ2v) is 6.97. The molecular formula is C22H26N4O3. The summed E-state index contributed by atoms with van der Waals surface area (Å²) in [5.41, 5.74) is 1.78. The molecule has 0 spiro atoms. The first-order valence-electron chi connectivity index (χ1n) is 9.93. The molecule has 2 aliphatic rings. The molecule has 0 bridgehead atoms. The van der Waals surface area contributed by atoms with Crippen molar-refractivity contribution in [1.82, 2.24) is 15.1 Å². The molecule has 0 atom stereocenters. The molecule has 7 nitrogen and oxygen atoms in total. The van der Waals surface area contributed by atoms with E-state index in [2.05, 4.69) is 10.2 Å². The van der Waals surface area contributed by atoms with Gasteiger partial charge < -0.3 is 10.1 Å². The van der Waals surface area contributed by atoms with Crippen LogP contribution in [0.1, 0.15) is 18.9 Å². The van der Waals surface area contributed by atoms with E-state index in [-0.39, 0.29) is 18.0 Å². The highest BCUT2D eigenvalue weighted by atomic mass is 16.5. The molecule has 0 saturated carbocycles. The van der Waals surface area contributed by atoms with E-state index in [1.54, 1.807) is 6.20 Å². The Kier molecular flexibility index (Phi) is 7.17. The van der Waals surface area contributed by atoms with Gasteiger partial charge in [-0.15, -0.1) is 0 Å². The lowest BCUT2D eigenvalue weighted by molar-refractivity contribution is -0.141. The first-order valence-corrected chi connectivity index (χ1v) is 9.93. The van der Waals surface area contributed by atoms with E-state index >= 15 is 0 Å². The molecule has 0 aromatic heterocycles. The molecule has 152 valence electrons. The number of rotatable bonds is 7. The van der Waals surface area contributed by atoms with Gasteiger partial charge in [0.1, 0.15) is 11.6 Å². The number of carbonyl (C=O) groups is 2. The van der Waals surface area contributed by atoms with Gasteiger partial charge in [0.15, 0.2) is 0 Å². The maximum absolute atomic E-state index is 13.1. The number of carbonyl (C=O) groups excluding carboxylic acids is 2. The zero-order valence-electron chi connectivity index (χ0n) is 16.7. The van der Waals surface area contributed by atoms with E-state index in [0.29, 0.717) is 24.1 Å². The largest absolute Gasteiger partial charge is 0.389 e. The summed E-state index contributed by atoms with van der Waals surface area (Å²) in [6, 6.07) is 11.3. The van der Waals surface area contributed by atoms with Crippen molar-refractivity contribution in [2.45, 2.75) is 19.9 Å². The average Bonchev–Trinajstić information content (AvgIpc) is 2.76. The molecule has 2 heterocycles. The fourth-order valence-corrected chi connectivity index (χ4v) is 3.53. The predicted molar refractivity (Wildman–Crippen MR) is 108 cm³/mol. The maximum Gasteiger partial charge on any atom is 0.272 e. The molecule has 1 N–H and O–H groups in total. The Morgan fingerprint density at radius 3 is 2.55 bits per heavy atom.